The lowest BCUT2D eigenvalue weighted by atomic mass is 10.1. The molecule has 1 aromatic carbocycles. The van der Waals surface area contributed by atoms with Crippen LogP contribution in [0.25, 0.3) is 0 Å². The lowest BCUT2D eigenvalue weighted by molar-refractivity contribution is -0.131. The van der Waals surface area contributed by atoms with Gasteiger partial charge in [0.1, 0.15) is 0 Å². The molecular weight excluding hydrogens is 471 g/mol. The Morgan fingerprint density at radius 2 is 1.71 bits per heavy atom. The minimum Gasteiger partial charge on any atom is -0.382 e. The third kappa shape index (κ3) is 8.74. The van der Waals surface area contributed by atoms with Crippen LogP contribution in [0.5, 0.6) is 0 Å². The summed E-state index contributed by atoms with van der Waals surface area (Å²) in [5, 5.41) is 6.50. The second-order valence-corrected chi connectivity index (χ2v) is 6.51. The fourth-order valence-corrected chi connectivity index (χ4v) is 2.96. The number of ether oxygens (including phenoxy) is 2. The number of rotatable bonds is 11. The first-order chi connectivity index (χ1) is 13.2. The van der Waals surface area contributed by atoms with Crippen LogP contribution in [0.15, 0.2) is 29.3 Å². The van der Waals surface area contributed by atoms with E-state index >= 15 is 0 Å². The molecule has 0 fully saturated rings. The average Bonchev–Trinajstić information content (AvgIpc) is 3.13. The second kappa shape index (κ2) is 14.6. The van der Waals surface area contributed by atoms with Gasteiger partial charge in [0.05, 0.1) is 13.2 Å². The molecule has 0 atom stereocenters. The number of guanidine groups is 1. The van der Waals surface area contributed by atoms with Gasteiger partial charge in [-0.15, -0.1) is 24.0 Å². The van der Waals surface area contributed by atoms with E-state index in [2.05, 4.69) is 27.8 Å². The Balaban J connectivity index is 0.00000392. The molecular formula is C20H33IN4O3. The normalized spacial score (nSPS) is 13.1. The lowest BCUT2D eigenvalue weighted by Gasteiger charge is -2.16. The van der Waals surface area contributed by atoms with Crippen LogP contribution in [-0.2, 0) is 27.4 Å². The van der Waals surface area contributed by atoms with Crippen LogP contribution >= 0.6 is 24.0 Å². The van der Waals surface area contributed by atoms with Gasteiger partial charge in [0.15, 0.2) is 5.96 Å². The fraction of sp³-hybridized carbons (Fsp3) is 0.600. The number of fused-ring (bicyclic) bond motifs is 1. The van der Waals surface area contributed by atoms with Gasteiger partial charge in [-0.2, -0.15) is 0 Å². The van der Waals surface area contributed by atoms with Crippen molar-refractivity contribution >= 4 is 35.8 Å². The highest BCUT2D eigenvalue weighted by Crippen LogP contribution is 2.22. The smallest absolute Gasteiger partial charge is 0.223 e. The molecule has 1 aromatic rings. The van der Waals surface area contributed by atoms with Gasteiger partial charge in [-0.1, -0.05) is 24.3 Å². The molecule has 2 N–H and O–H groups in total. The number of nitrogens with zero attached hydrogens (tertiary/aromatic N) is 2. The standard InChI is InChI=1S/C20H32N4O3.HI/c1-21-20(23-11-6-12-27-14-13-26-2)22-10-5-9-19(25)24-15-17-7-3-4-8-18(17)16-24;/h3-4,7-8H,5-6,9-16H2,1-2H3,(H2,21,22,23);1H. The molecule has 1 aliphatic heterocycles. The molecule has 0 bridgehead atoms. The maximum atomic E-state index is 12.4. The van der Waals surface area contributed by atoms with Crippen molar-refractivity contribution in [3.8, 4) is 0 Å². The number of halogens is 1. The minimum absolute atomic E-state index is 0. The van der Waals surface area contributed by atoms with Gasteiger partial charge in [0.25, 0.3) is 0 Å². The highest BCUT2D eigenvalue weighted by molar-refractivity contribution is 14.0. The van der Waals surface area contributed by atoms with Crippen molar-refractivity contribution in [1.29, 1.82) is 0 Å². The molecule has 0 spiro atoms. The summed E-state index contributed by atoms with van der Waals surface area (Å²) in [4.78, 5) is 18.5. The van der Waals surface area contributed by atoms with Crippen LogP contribution in [0.1, 0.15) is 30.4 Å². The van der Waals surface area contributed by atoms with Gasteiger partial charge >= 0.3 is 0 Å². The van der Waals surface area contributed by atoms with Crippen molar-refractivity contribution in [2.75, 3.05) is 47.1 Å². The monoisotopic (exact) mass is 504 g/mol. The van der Waals surface area contributed by atoms with E-state index in [0.717, 1.165) is 45.0 Å². The van der Waals surface area contributed by atoms with E-state index in [1.54, 1.807) is 14.2 Å². The predicted molar refractivity (Wildman–Crippen MR) is 122 cm³/mol. The van der Waals surface area contributed by atoms with Crippen LogP contribution in [0.2, 0.25) is 0 Å². The Kier molecular flexibility index (Phi) is 12.8. The maximum Gasteiger partial charge on any atom is 0.223 e. The molecule has 28 heavy (non-hydrogen) atoms. The number of hydrogen-bond donors (Lipinski definition) is 2. The van der Waals surface area contributed by atoms with E-state index in [4.69, 9.17) is 9.47 Å². The first-order valence-electron chi connectivity index (χ1n) is 9.60. The van der Waals surface area contributed by atoms with Gasteiger partial charge in [-0.25, -0.2) is 0 Å². The summed E-state index contributed by atoms with van der Waals surface area (Å²) in [7, 11) is 3.41. The number of nitrogens with one attached hydrogen (secondary N) is 2. The molecule has 2 rings (SSSR count). The Bertz CT molecular complexity index is 588. The molecule has 8 heteroatoms. The Morgan fingerprint density at radius 3 is 2.32 bits per heavy atom. The number of amides is 1. The quantitative estimate of drug-likeness (QED) is 0.209. The molecule has 0 saturated heterocycles. The summed E-state index contributed by atoms with van der Waals surface area (Å²) >= 11 is 0. The Morgan fingerprint density at radius 1 is 1.07 bits per heavy atom. The summed E-state index contributed by atoms with van der Waals surface area (Å²) in [5.74, 6) is 0.970. The molecule has 0 unspecified atom stereocenters. The predicted octanol–water partition coefficient (Wildman–Crippen LogP) is 2.15. The van der Waals surface area contributed by atoms with Crippen molar-refractivity contribution in [3.63, 3.8) is 0 Å². The molecule has 7 nitrogen and oxygen atoms in total. The number of carbonyl (C=O) groups is 1. The van der Waals surface area contributed by atoms with Crippen LogP contribution in [0.3, 0.4) is 0 Å². The Labute approximate surface area is 185 Å². The fourth-order valence-electron chi connectivity index (χ4n) is 2.96. The van der Waals surface area contributed by atoms with E-state index < -0.39 is 0 Å². The zero-order valence-electron chi connectivity index (χ0n) is 16.9. The van der Waals surface area contributed by atoms with Crippen LogP contribution in [0, 0.1) is 0 Å². The Hall–Kier alpha value is -1.39. The van der Waals surface area contributed by atoms with Crippen LogP contribution in [0.4, 0.5) is 0 Å². The average molecular weight is 504 g/mol. The molecule has 1 amide bonds. The van der Waals surface area contributed by atoms with Crippen molar-refractivity contribution in [2.45, 2.75) is 32.4 Å². The highest BCUT2D eigenvalue weighted by atomic mass is 127. The first-order valence-corrected chi connectivity index (χ1v) is 9.60. The van der Waals surface area contributed by atoms with Crippen LogP contribution < -0.4 is 10.6 Å². The van der Waals surface area contributed by atoms with Gasteiger partial charge < -0.3 is 25.0 Å². The largest absolute Gasteiger partial charge is 0.382 e. The molecule has 0 aliphatic carbocycles. The number of methoxy groups -OCH3 is 1. The number of carbonyl (C=O) groups excluding carboxylic acids is 1. The van der Waals surface area contributed by atoms with Crippen molar-refractivity contribution < 1.29 is 14.3 Å². The van der Waals surface area contributed by atoms with Crippen molar-refractivity contribution in [3.05, 3.63) is 35.4 Å². The number of aliphatic imine (C=N–C) groups is 1. The summed E-state index contributed by atoms with van der Waals surface area (Å²) in [6, 6.07) is 8.26. The summed E-state index contributed by atoms with van der Waals surface area (Å²) in [6.45, 7) is 4.92. The number of hydrogen-bond acceptors (Lipinski definition) is 4. The van der Waals surface area contributed by atoms with E-state index in [0.29, 0.717) is 26.2 Å². The van der Waals surface area contributed by atoms with E-state index in [-0.39, 0.29) is 29.9 Å². The second-order valence-electron chi connectivity index (χ2n) is 6.51. The molecule has 0 saturated carbocycles. The SMILES string of the molecule is CN=C(NCCCOCCOC)NCCCC(=O)N1Cc2ccccc2C1.I. The van der Waals surface area contributed by atoms with Gasteiger partial charge in [-0.3, -0.25) is 9.79 Å². The zero-order valence-corrected chi connectivity index (χ0v) is 19.2. The van der Waals surface area contributed by atoms with Crippen molar-refractivity contribution in [1.82, 2.24) is 15.5 Å². The first kappa shape index (κ1) is 24.6. The third-order valence-corrected chi connectivity index (χ3v) is 4.47. The molecule has 0 aromatic heterocycles. The molecule has 158 valence electrons. The third-order valence-electron chi connectivity index (χ3n) is 4.47. The van der Waals surface area contributed by atoms with Crippen LogP contribution in [-0.4, -0.2) is 63.8 Å². The topological polar surface area (TPSA) is 75.2 Å². The molecule has 1 heterocycles. The van der Waals surface area contributed by atoms with E-state index in [1.165, 1.54) is 11.1 Å². The summed E-state index contributed by atoms with van der Waals surface area (Å²) < 4.78 is 10.3. The van der Waals surface area contributed by atoms with Gasteiger partial charge in [-0.05, 0) is 24.0 Å². The molecule has 1 aliphatic rings. The lowest BCUT2D eigenvalue weighted by Crippen LogP contribution is -2.38. The zero-order chi connectivity index (χ0) is 19.3. The van der Waals surface area contributed by atoms with E-state index in [9.17, 15) is 4.79 Å². The van der Waals surface area contributed by atoms with Crippen molar-refractivity contribution in [2.24, 2.45) is 4.99 Å². The molecule has 0 radical (unpaired) electrons. The van der Waals surface area contributed by atoms with Gasteiger partial charge in [0, 0.05) is 53.4 Å². The van der Waals surface area contributed by atoms with Gasteiger partial charge in [0.2, 0.25) is 5.91 Å². The summed E-state index contributed by atoms with van der Waals surface area (Å²) in [5.41, 5.74) is 2.53. The maximum absolute atomic E-state index is 12.4. The number of benzene rings is 1. The van der Waals surface area contributed by atoms with E-state index in [1.807, 2.05) is 17.0 Å². The summed E-state index contributed by atoms with van der Waals surface area (Å²) in [6.07, 6.45) is 2.23. The highest BCUT2D eigenvalue weighted by Gasteiger charge is 2.22. The minimum atomic E-state index is 0.